The van der Waals surface area contributed by atoms with Crippen molar-refractivity contribution < 1.29 is 0 Å². The molecule has 2 atom stereocenters. The Morgan fingerprint density at radius 1 is 0.952 bits per heavy atom. The lowest BCUT2D eigenvalue weighted by molar-refractivity contribution is 0.219. The molecule has 0 radical (unpaired) electrons. The summed E-state index contributed by atoms with van der Waals surface area (Å²) in [6, 6.07) is 19.5. The highest BCUT2D eigenvalue weighted by molar-refractivity contribution is 5.26. The van der Waals surface area contributed by atoms with Crippen molar-refractivity contribution in [3.63, 3.8) is 0 Å². The van der Waals surface area contributed by atoms with Crippen LogP contribution in [0, 0.1) is 0 Å². The zero-order valence-electron chi connectivity index (χ0n) is 13.3. The summed E-state index contributed by atoms with van der Waals surface area (Å²) in [6.45, 7) is 5.29. The van der Waals surface area contributed by atoms with Crippen LogP contribution in [0.25, 0.3) is 0 Å². The number of likely N-dealkylation sites (N-methyl/N-ethyl adjacent to an activating group) is 1. The van der Waals surface area contributed by atoms with Crippen molar-refractivity contribution >= 4 is 0 Å². The fourth-order valence-corrected chi connectivity index (χ4v) is 2.54. The molecule has 0 heterocycles. The second-order valence-corrected chi connectivity index (χ2v) is 5.76. The summed E-state index contributed by atoms with van der Waals surface area (Å²) in [6.07, 6.45) is 1.07. The van der Waals surface area contributed by atoms with Gasteiger partial charge in [0.2, 0.25) is 0 Å². The zero-order valence-corrected chi connectivity index (χ0v) is 13.3. The second kappa shape index (κ2) is 7.39. The van der Waals surface area contributed by atoms with Gasteiger partial charge in [0.15, 0.2) is 0 Å². The van der Waals surface area contributed by atoms with Gasteiger partial charge in [0.25, 0.3) is 0 Å². The van der Waals surface area contributed by atoms with Crippen LogP contribution in [0.3, 0.4) is 0 Å². The third-order valence-corrected chi connectivity index (χ3v) is 4.26. The monoisotopic (exact) mass is 282 g/mol. The minimum absolute atomic E-state index is 0.0321. The van der Waals surface area contributed by atoms with E-state index in [4.69, 9.17) is 5.73 Å². The van der Waals surface area contributed by atoms with Crippen LogP contribution in [0.1, 0.15) is 36.6 Å². The first-order chi connectivity index (χ1) is 10.1. The van der Waals surface area contributed by atoms with Crippen LogP contribution < -0.4 is 5.73 Å². The third kappa shape index (κ3) is 4.16. The number of nitrogens with two attached hydrogens (primary N) is 1. The molecule has 0 aromatic heterocycles. The van der Waals surface area contributed by atoms with Gasteiger partial charge in [-0.3, -0.25) is 4.90 Å². The van der Waals surface area contributed by atoms with Crippen molar-refractivity contribution in [2.24, 2.45) is 5.73 Å². The molecule has 0 saturated carbocycles. The molecule has 112 valence electrons. The van der Waals surface area contributed by atoms with E-state index in [2.05, 4.69) is 74.3 Å². The van der Waals surface area contributed by atoms with Crippen LogP contribution in [0.2, 0.25) is 0 Å². The molecule has 2 rings (SSSR count). The Labute approximate surface area is 128 Å². The summed E-state index contributed by atoms with van der Waals surface area (Å²) in [5.41, 5.74) is 10.3. The number of nitrogens with zero attached hydrogens (tertiary/aromatic N) is 1. The number of aryl methyl sites for hydroxylation is 1. The van der Waals surface area contributed by atoms with Crippen LogP contribution in [-0.4, -0.2) is 18.0 Å². The topological polar surface area (TPSA) is 29.3 Å². The molecule has 2 nitrogen and oxygen atoms in total. The third-order valence-electron chi connectivity index (χ3n) is 4.26. The molecule has 2 aromatic rings. The number of rotatable bonds is 6. The van der Waals surface area contributed by atoms with Gasteiger partial charge in [-0.1, -0.05) is 61.5 Å². The minimum atomic E-state index is 0.0321. The minimum Gasteiger partial charge on any atom is -0.323 e. The van der Waals surface area contributed by atoms with Crippen LogP contribution in [0.5, 0.6) is 0 Å². The van der Waals surface area contributed by atoms with E-state index in [1.54, 1.807) is 0 Å². The van der Waals surface area contributed by atoms with Gasteiger partial charge in [0.1, 0.15) is 0 Å². The Balaban J connectivity index is 2.01. The Morgan fingerprint density at radius 2 is 1.57 bits per heavy atom. The van der Waals surface area contributed by atoms with Crippen LogP contribution in [0.4, 0.5) is 0 Å². The van der Waals surface area contributed by atoms with Crippen molar-refractivity contribution in [3.05, 3.63) is 71.3 Å². The molecule has 0 aliphatic rings. The van der Waals surface area contributed by atoms with Crippen molar-refractivity contribution in [2.45, 2.75) is 38.9 Å². The SMILES string of the molecule is CCc1ccc(C(N)C(C)N(C)Cc2ccccc2)cc1. The predicted octanol–water partition coefficient (Wildman–Crippen LogP) is 3.77. The lowest BCUT2D eigenvalue weighted by Gasteiger charge is -2.30. The molecule has 0 bridgehead atoms. The van der Waals surface area contributed by atoms with Gasteiger partial charge in [-0.25, -0.2) is 0 Å². The molecule has 0 aliphatic carbocycles. The fraction of sp³-hybridized carbons (Fsp3) is 0.368. The van der Waals surface area contributed by atoms with E-state index in [-0.39, 0.29) is 12.1 Å². The van der Waals surface area contributed by atoms with Gasteiger partial charge in [-0.15, -0.1) is 0 Å². The Kier molecular flexibility index (Phi) is 5.54. The molecule has 0 saturated heterocycles. The van der Waals surface area contributed by atoms with E-state index < -0.39 is 0 Å². The maximum atomic E-state index is 6.44. The number of benzene rings is 2. The van der Waals surface area contributed by atoms with Gasteiger partial charge in [0.05, 0.1) is 0 Å². The van der Waals surface area contributed by atoms with Gasteiger partial charge >= 0.3 is 0 Å². The molecular weight excluding hydrogens is 256 g/mol. The zero-order chi connectivity index (χ0) is 15.2. The van der Waals surface area contributed by atoms with E-state index in [1.807, 2.05) is 6.07 Å². The van der Waals surface area contributed by atoms with Gasteiger partial charge in [-0.2, -0.15) is 0 Å². The Bertz CT molecular complexity index is 533. The van der Waals surface area contributed by atoms with Crippen molar-refractivity contribution in [2.75, 3.05) is 7.05 Å². The largest absolute Gasteiger partial charge is 0.323 e. The van der Waals surface area contributed by atoms with Crippen LogP contribution >= 0.6 is 0 Å². The first-order valence-corrected chi connectivity index (χ1v) is 7.70. The van der Waals surface area contributed by atoms with Crippen molar-refractivity contribution in [3.8, 4) is 0 Å². The molecule has 0 amide bonds. The van der Waals surface area contributed by atoms with E-state index >= 15 is 0 Å². The smallest absolute Gasteiger partial charge is 0.0450 e. The highest BCUT2D eigenvalue weighted by atomic mass is 15.1. The molecule has 0 aliphatic heterocycles. The molecule has 2 unspecified atom stereocenters. The lowest BCUT2D eigenvalue weighted by Crippen LogP contribution is -2.37. The maximum Gasteiger partial charge on any atom is 0.0450 e. The van der Waals surface area contributed by atoms with Gasteiger partial charge < -0.3 is 5.73 Å². The maximum absolute atomic E-state index is 6.44. The highest BCUT2D eigenvalue weighted by Crippen LogP contribution is 2.20. The summed E-state index contributed by atoms with van der Waals surface area (Å²) < 4.78 is 0. The number of hydrogen-bond donors (Lipinski definition) is 1. The molecule has 21 heavy (non-hydrogen) atoms. The first-order valence-electron chi connectivity index (χ1n) is 7.70. The van der Waals surface area contributed by atoms with Crippen molar-refractivity contribution in [1.82, 2.24) is 4.90 Å². The lowest BCUT2D eigenvalue weighted by atomic mass is 9.98. The predicted molar refractivity (Wildman–Crippen MR) is 90.1 cm³/mol. The molecule has 2 N–H and O–H groups in total. The standard InChI is InChI=1S/C19H26N2/c1-4-16-10-12-18(13-11-16)19(20)15(2)21(3)14-17-8-6-5-7-9-17/h5-13,15,19H,4,14,20H2,1-3H3. The fourth-order valence-electron chi connectivity index (χ4n) is 2.54. The summed E-state index contributed by atoms with van der Waals surface area (Å²) in [5, 5.41) is 0. The highest BCUT2D eigenvalue weighted by Gasteiger charge is 2.19. The van der Waals surface area contributed by atoms with E-state index in [0.717, 1.165) is 13.0 Å². The molecular formula is C19H26N2. The van der Waals surface area contributed by atoms with Gasteiger partial charge in [0, 0.05) is 18.6 Å². The summed E-state index contributed by atoms with van der Waals surface area (Å²) >= 11 is 0. The quantitative estimate of drug-likeness (QED) is 0.874. The summed E-state index contributed by atoms with van der Waals surface area (Å²) in [5.74, 6) is 0. The first kappa shape index (κ1) is 15.7. The van der Waals surface area contributed by atoms with Crippen LogP contribution in [0.15, 0.2) is 54.6 Å². The summed E-state index contributed by atoms with van der Waals surface area (Å²) in [7, 11) is 2.14. The van der Waals surface area contributed by atoms with E-state index in [9.17, 15) is 0 Å². The Hall–Kier alpha value is -1.64. The average Bonchev–Trinajstić information content (AvgIpc) is 2.54. The molecule has 0 fully saturated rings. The molecule has 2 heteroatoms. The average molecular weight is 282 g/mol. The van der Waals surface area contributed by atoms with Crippen LogP contribution in [-0.2, 0) is 13.0 Å². The van der Waals surface area contributed by atoms with Gasteiger partial charge in [-0.05, 0) is 37.1 Å². The van der Waals surface area contributed by atoms with E-state index in [1.165, 1.54) is 16.7 Å². The van der Waals surface area contributed by atoms with E-state index in [0.29, 0.717) is 0 Å². The summed E-state index contributed by atoms with van der Waals surface area (Å²) in [4.78, 5) is 2.31. The molecule has 2 aromatic carbocycles. The molecule has 0 spiro atoms. The second-order valence-electron chi connectivity index (χ2n) is 5.76. The normalized spacial score (nSPS) is 14.1. The number of hydrogen-bond acceptors (Lipinski definition) is 2. The Morgan fingerprint density at radius 3 is 2.14 bits per heavy atom. The van der Waals surface area contributed by atoms with Crippen molar-refractivity contribution in [1.29, 1.82) is 0 Å².